The monoisotopic (exact) mass is 488 g/mol. The molecule has 1 aliphatic rings. The van der Waals surface area contributed by atoms with Gasteiger partial charge in [0, 0.05) is 37.0 Å². The molecule has 178 valence electrons. The van der Waals surface area contributed by atoms with Gasteiger partial charge in [-0.15, -0.1) is 0 Å². The lowest BCUT2D eigenvalue weighted by Crippen LogP contribution is -2.20. The molecule has 8 nitrogen and oxygen atoms in total. The van der Waals surface area contributed by atoms with E-state index in [1.54, 1.807) is 24.1 Å². The average Bonchev–Trinajstić information content (AvgIpc) is 3.43. The van der Waals surface area contributed by atoms with E-state index in [1.165, 1.54) is 4.57 Å². The summed E-state index contributed by atoms with van der Waals surface area (Å²) in [7, 11) is 3.40. The van der Waals surface area contributed by atoms with Crippen LogP contribution in [0.15, 0.2) is 36.7 Å². The molecule has 3 aromatic heterocycles. The first kappa shape index (κ1) is 22.5. The molecule has 0 bridgehead atoms. The van der Waals surface area contributed by atoms with Crippen molar-refractivity contribution in [3.63, 3.8) is 0 Å². The molecular formula is C23H23ClF2N6O2. The second-order valence-electron chi connectivity index (χ2n) is 8.04. The number of nitrogens with one attached hydrogen (secondary N) is 1. The first-order valence-electron chi connectivity index (χ1n) is 10.9. The first-order valence-corrected chi connectivity index (χ1v) is 11.2. The highest BCUT2D eigenvalue weighted by molar-refractivity contribution is 6.30. The van der Waals surface area contributed by atoms with Crippen LogP contribution in [0.3, 0.4) is 0 Å². The number of imidazole rings is 1. The number of ether oxygens (including phenoxy) is 2. The number of hydrogen-bond donors (Lipinski definition) is 1. The number of hydrogen-bond acceptors (Lipinski definition) is 6. The summed E-state index contributed by atoms with van der Waals surface area (Å²) in [4.78, 5) is 8.60. The predicted molar refractivity (Wildman–Crippen MR) is 125 cm³/mol. The Morgan fingerprint density at radius 2 is 2.09 bits per heavy atom. The summed E-state index contributed by atoms with van der Waals surface area (Å²) < 4.78 is 42.5. The third-order valence-electron chi connectivity index (χ3n) is 5.79. The fraction of sp³-hybridized carbons (Fsp3) is 0.348. The Balaban J connectivity index is 1.63. The molecule has 0 aliphatic carbocycles. The molecule has 34 heavy (non-hydrogen) atoms. The quantitative estimate of drug-likeness (QED) is 0.342. The van der Waals surface area contributed by atoms with Gasteiger partial charge in [0.1, 0.15) is 22.6 Å². The number of anilines is 2. The zero-order valence-electron chi connectivity index (χ0n) is 18.6. The Kier molecular flexibility index (Phi) is 6.09. The zero-order valence-corrected chi connectivity index (χ0v) is 19.4. The van der Waals surface area contributed by atoms with E-state index in [4.69, 9.17) is 21.1 Å². The number of nitrogens with zero attached hydrogens (tertiary/aromatic N) is 5. The summed E-state index contributed by atoms with van der Waals surface area (Å²) >= 11 is 6.33. The van der Waals surface area contributed by atoms with Crippen molar-refractivity contribution in [1.29, 1.82) is 0 Å². The minimum Gasteiger partial charge on any atom is -0.494 e. The number of alkyl halides is 2. The van der Waals surface area contributed by atoms with E-state index in [-0.39, 0.29) is 16.3 Å². The molecule has 0 amide bonds. The van der Waals surface area contributed by atoms with Crippen molar-refractivity contribution in [3.05, 3.63) is 47.6 Å². The standard InChI is InChI=1S/C23H23ClF2N6O2/c1-31-12-13(11-27-31)14-6-5-7-15(20(14)33-2)28-16-10-17(24)29-22-19(16)30-23(21(25)26)32(22)18-8-3-4-9-34-18/h5-7,10-12,18,21H,3-4,8-9H2,1-2H3,(H,28,29). The van der Waals surface area contributed by atoms with E-state index in [0.29, 0.717) is 30.2 Å². The van der Waals surface area contributed by atoms with Gasteiger partial charge >= 0.3 is 0 Å². The number of rotatable bonds is 6. The smallest absolute Gasteiger partial charge is 0.295 e. The van der Waals surface area contributed by atoms with Crippen molar-refractivity contribution >= 4 is 34.1 Å². The van der Waals surface area contributed by atoms with Gasteiger partial charge in [-0.05, 0) is 25.3 Å². The van der Waals surface area contributed by atoms with E-state index in [1.807, 2.05) is 31.4 Å². The van der Waals surface area contributed by atoms with Gasteiger partial charge in [-0.3, -0.25) is 9.25 Å². The molecule has 1 fully saturated rings. The Labute approximate surface area is 199 Å². The lowest BCUT2D eigenvalue weighted by atomic mass is 10.1. The van der Waals surface area contributed by atoms with Crippen molar-refractivity contribution in [1.82, 2.24) is 24.3 Å². The molecule has 0 saturated carbocycles. The molecule has 4 aromatic rings. The van der Waals surface area contributed by atoms with Crippen molar-refractivity contribution in [2.75, 3.05) is 19.0 Å². The van der Waals surface area contributed by atoms with Gasteiger partial charge in [0.15, 0.2) is 11.5 Å². The third-order valence-corrected chi connectivity index (χ3v) is 5.98. The topological polar surface area (TPSA) is 79.0 Å². The normalized spacial score (nSPS) is 16.4. The highest BCUT2D eigenvalue weighted by Crippen LogP contribution is 2.40. The maximum atomic E-state index is 14.0. The molecule has 11 heteroatoms. The maximum Gasteiger partial charge on any atom is 0.295 e. The number of benzene rings is 1. The average molecular weight is 489 g/mol. The third kappa shape index (κ3) is 4.07. The van der Waals surface area contributed by atoms with Crippen LogP contribution in [0.5, 0.6) is 5.75 Å². The van der Waals surface area contributed by atoms with E-state index in [9.17, 15) is 8.78 Å². The van der Waals surface area contributed by atoms with Crippen molar-refractivity contribution in [2.45, 2.75) is 31.9 Å². The number of pyridine rings is 1. The van der Waals surface area contributed by atoms with Crippen LogP contribution in [-0.4, -0.2) is 38.0 Å². The highest BCUT2D eigenvalue weighted by atomic mass is 35.5. The molecule has 0 spiro atoms. The summed E-state index contributed by atoms with van der Waals surface area (Å²) in [6.07, 6.45) is 2.62. The SMILES string of the molecule is COc1c(Nc2cc(Cl)nc3c2nc(C(F)F)n3C2CCCCO2)cccc1-c1cnn(C)c1. The summed E-state index contributed by atoms with van der Waals surface area (Å²) in [5.74, 6) is 0.177. The largest absolute Gasteiger partial charge is 0.494 e. The molecule has 1 aliphatic heterocycles. The molecule has 1 N–H and O–H groups in total. The van der Waals surface area contributed by atoms with Gasteiger partial charge in [-0.1, -0.05) is 23.7 Å². The molecule has 0 radical (unpaired) electrons. The highest BCUT2D eigenvalue weighted by Gasteiger charge is 2.29. The first-order chi connectivity index (χ1) is 16.5. The molecule has 1 saturated heterocycles. The van der Waals surface area contributed by atoms with E-state index in [2.05, 4.69) is 20.4 Å². The van der Waals surface area contributed by atoms with Gasteiger partial charge in [-0.2, -0.15) is 5.10 Å². The minimum absolute atomic E-state index is 0.148. The maximum absolute atomic E-state index is 14.0. The van der Waals surface area contributed by atoms with E-state index in [0.717, 1.165) is 24.0 Å². The molecule has 1 atom stereocenters. The van der Waals surface area contributed by atoms with Crippen LogP contribution >= 0.6 is 11.6 Å². The zero-order chi connectivity index (χ0) is 23.8. The number of fused-ring (bicyclic) bond motifs is 1. The Bertz CT molecular complexity index is 1330. The van der Waals surface area contributed by atoms with Gasteiger partial charge in [0.05, 0.1) is 24.7 Å². The number of aromatic nitrogens is 5. The summed E-state index contributed by atoms with van der Waals surface area (Å²) in [6.45, 7) is 0.497. The Morgan fingerprint density at radius 1 is 1.24 bits per heavy atom. The second-order valence-corrected chi connectivity index (χ2v) is 8.43. The second kappa shape index (κ2) is 9.19. The van der Waals surface area contributed by atoms with Crippen LogP contribution in [0.2, 0.25) is 5.15 Å². The number of methoxy groups -OCH3 is 1. The van der Waals surface area contributed by atoms with Crippen LogP contribution in [0.25, 0.3) is 22.3 Å². The van der Waals surface area contributed by atoms with Crippen LogP contribution in [0, 0.1) is 0 Å². The number of para-hydroxylation sites is 1. The van der Waals surface area contributed by atoms with Crippen LogP contribution < -0.4 is 10.1 Å². The fourth-order valence-corrected chi connectivity index (χ4v) is 4.49. The Hall–Kier alpha value is -3.24. The van der Waals surface area contributed by atoms with Crippen LogP contribution in [0.1, 0.15) is 37.7 Å². The summed E-state index contributed by atoms with van der Waals surface area (Å²) in [6, 6.07) is 7.18. The number of halogens is 3. The molecule has 1 unspecified atom stereocenters. The number of aryl methyl sites for hydroxylation is 1. The fourth-order valence-electron chi connectivity index (χ4n) is 4.30. The summed E-state index contributed by atoms with van der Waals surface area (Å²) in [5.41, 5.74) is 3.29. The predicted octanol–water partition coefficient (Wildman–Crippen LogP) is 5.87. The van der Waals surface area contributed by atoms with Crippen LogP contribution in [-0.2, 0) is 11.8 Å². The van der Waals surface area contributed by atoms with E-state index >= 15 is 0 Å². The van der Waals surface area contributed by atoms with Crippen molar-refractivity contribution in [2.24, 2.45) is 7.05 Å². The lowest BCUT2D eigenvalue weighted by Gasteiger charge is -2.25. The van der Waals surface area contributed by atoms with Gasteiger partial charge < -0.3 is 14.8 Å². The molecule has 4 heterocycles. The van der Waals surface area contributed by atoms with Gasteiger partial charge in [0.25, 0.3) is 6.43 Å². The van der Waals surface area contributed by atoms with Crippen molar-refractivity contribution < 1.29 is 18.3 Å². The van der Waals surface area contributed by atoms with Crippen LogP contribution in [0.4, 0.5) is 20.2 Å². The lowest BCUT2D eigenvalue weighted by molar-refractivity contribution is -0.0363. The Morgan fingerprint density at radius 3 is 2.76 bits per heavy atom. The van der Waals surface area contributed by atoms with Gasteiger partial charge in [-0.25, -0.2) is 18.7 Å². The summed E-state index contributed by atoms with van der Waals surface area (Å²) in [5, 5.41) is 7.64. The van der Waals surface area contributed by atoms with Crippen molar-refractivity contribution in [3.8, 4) is 16.9 Å². The van der Waals surface area contributed by atoms with Gasteiger partial charge in [0.2, 0.25) is 0 Å². The van der Waals surface area contributed by atoms with E-state index < -0.39 is 18.5 Å². The molecule has 1 aromatic carbocycles. The molecular weight excluding hydrogens is 466 g/mol. The minimum atomic E-state index is -2.80. The molecule has 5 rings (SSSR count).